The molecule has 3 N–H and O–H groups in total. The minimum absolute atomic E-state index is 0.146. The molecule has 0 aromatic heterocycles. The highest BCUT2D eigenvalue weighted by Crippen LogP contribution is 2.31. The lowest BCUT2D eigenvalue weighted by molar-refractivity contribution is 0.375. The molecule has 0 aliphatic heterocycles. The van der Waals surface area contributed by atoms with Crippen molar-refractivity contribution in [3.05, 3.63) is 34.3 Å². The van der Waals surface area contributed by atoms with Gasteiger partial charge < -0.3 is 0 Å². The standard InChI is InChI=1S/C14H23ClN2/c1-4-11(5-2)9-13(17-16)12-8-6-7-10(3)14(12)15/h6-8,11,13,17H,4-5,9,16H2,1-3H3. The van der Waals surface area contributed by atoms with Crippen LogP contribution in [-0.4, -0.2) is 0 Å². The predicted molar refractivity (Wildman–Crippen MR) is 74.9 cm³/mol. The SMILES string of the molecule is CCC(CC)CC(NN)c1cccc(C)c1Cl. The van der Waals surface area contributed by atoms with Crippen LogP contribution in [0.1, 0.15) is 50.3 Å². The van der Waals surface area contributed by atoms with Crippen LogP contribution in [0.15, 0.2) is 18.2 Å². The summed E-state index contributed by atoms with van der Waals surface area (Å²) in [6.07, 6.45) is 3.39. The Morgan fingerprint density at radius 3 is 2.47 bits per heavy atom. The molecule has 2 nitrogen and oxygen atoms in total. The first-order valence-electron chi connectivity index (χ1n) is 6.35. The molecule has 0 amide bonds. The van der Waals surface area contributed by atoms with Crippen molar-refractivity contribution in [2.45, 2.75) is 46.1 Å². The van der Waals surface area contributed by atoms with Gasteiger partial charge in [-0.05, 0) is 30.4 Å². The largest absolute Gasteiger partial charge is 0.271 e. The van der Waals surface area contributed by atoms with E-state index in [1.165, 1.54) is 12.8 Å². The highest BCUT2D eigenvalue weighted by atomic mass is 35.5. The number of nitrogens with two attached hydrogens (primary N) is 1. The summed E-state index contributed by atoms with van der Waals surface area (Å²) in [6, 6.07) is 6.26. The summed E-state index contributed by atoms with van der Waals surface area (Å²) in [5.74, 6) is 6.36. The summed E-state index contributed by atoms with van der Waals surface area (Å²) in [6.45, 7) is 6.47. The lowest BCUT2D eigenvalue weighted by atomic mass is 9.91. The van der Waals surface area contributed by atoms with E-state index in [0.717, 1.165) is 22.6 Å². The Morgan fingerprint density at radius 2 is 1.94 bits per heavy atom. The summed E-state index contributed by atoms with van der Waals surface area (Å²) in [5.41, 5.74) is 5.12. The van der Waals surface area contributed by atoms with Crippen molar-refractivity contribution < 1.29 is 0 Å². The van der Waals surface area contributed by atoms with Gasteiger partial charge in [-0.25, -0.2) is 0 Å². The molecule has 96 valence electrons. The van der Waals surface area contributed by atoms with E-state index in [1.807, 2.05) is 19.1 Å². The Bertz CT molecular complexity index is 348. The normalized spacial score (nSPS) is 13.1. The number of hydrazine groups is 1. The molecular formula is C14H23ClN2. The molecule has 3 heteroatoms. The van der Waals surface area contributed by atoms with Crippen LogP contribution < -0.4 is 11.3 Å². The molecule has 0 saturated heterocycles. The third kappa shape index (κ3) is 3.70. The fourth-order valence-corrected chi connectivity index (χ4v) is 2.44. The fraction of sp³-hybridized carbons (Fsp3) is 0.571. The van der Waals surface area contributed by atoms with Crippen LogP contribution in [0.3, 0.4) is 0 Å². The van der Waals surface area contributed by atoms with Crippen LogP contribution >= 0.6 is 11.6 Å². The zero-order valence-electron chi connectivity index (χ0n) is 11.0. The predicted octanol–water partition coefficient (Wildman–Crippen LogP) is 3.98. The average Bonchev–Trinajstić information content (AvgIpc) is 2.35. The second-order valence-electron chi connectivity index (χ2n) is 4.62. The Hall–Kier alpha value is -0.570. The van der Waals surface area contributed by atoms with Crippen molar-refractivity contribution in [3.63, 3.8) is 0 Å². The van der Waals surface area contributed by atoms with Crippen LogP contribution in [-0.2, 0) is 0 Å². The van der Waals surface area contributed by atoms with E-state index in [2.05, 4.69) is 25.3 Å². The highest BCUT2D eigenvalue weighted by molar-refractivity contribution is 6.32. The van der Waals surface area contributed by atoms with Crippen molar-refractivity contribution in [1.82, 2.24) is 5.43 Å². The van der Waals surface area contributed by atoms with Crippen LogP contribution in [0.4, 0.5) is 0 Å². The maximum Gasteiger partial charge on any atom is 0.0483 e. The van der Waals surface area contributed by atoms with Gasteiger partial charge in [-0.15, -0.1) is 0 Å². The molecule has 1 aromatic carbocycles. The minimum Gasteiger partial charge on any atom is -0.271 e. The number of rotatable bonds is 6. The van der Waals surface area contributed by atoms with E-state index < -0.39 is 0 Å². The third-order valence-electron chi connectivity index (χ3n) is 3.52. The Balaban J connectivity index is 2.89. The maximum atomic E-state index is 6.34. The molecule has 0 spiro atoms. The number of hydrogen-bond acceptors (Lipinski definition) is 2. The van der Waals surface area contributed by atoms with Gasteiger partial charge >= 0.3 is 0 Å². The number of aryl methyl sites for hydroxylation is 1. The first-order valence-corrected chi connectivity index (χ1v) is 6.72. The monoisotopic (exact) mass is 254 g/mol. The second-order valence-corrected chi connectivity index (χ2v) is 4.99. The third-order valence-corrected chi connectivity index (χ3v) is 4.04. The molecule has 17 heavy (non-hydrogen) atoms. The fourth-order valence-electron chi connectivity index (χ4n) is 2.18. The number of halogens is 1. The van der Waals surface area contributed by atoms with Gasteiger partial charge in [0.1, 0.15) is 0 Å². The van der Waals surface area contributed by atoms with E-state index in [-0.39, 0.29) is 6.04 Å². The minimum atomic E-state index is 0.146. The van der Waals surface area contributed by atoms with Gasteiger partial charge in [-0.2, -0.15) is 0 Å². The molecule has 0 aliphatic rings. The van der Waals surface area contributed by atoms with Gasteiger partial charge in [0.25, 0.3) is 0 Å². The van der Waals surface area contributed by atoms with Crippen molar-refractivity contribution in [2.24, 2.45) is 11.8 Å². The molecule has 0 heterocycles. The Labute approximate surface area is 110 Å². The molecule has 1 atom stereocenters. The average molecular weight is 255 g/mol. The van der Waals surface area contributed by atoms with E-state index in [4.69, 9.17) is 17.4 Å². The molecule has 0 saturated carbocycles. The highest BCUT2D eigenvalue weighted by Gasteiger charge is 2.17. The van der Waals surface area contributed by atoms with Crippen LogP contribution in [0, 0.1) is 12.8 Å². The lowest BCUT2D eigenvalue weighted by Crippen LogP contribution is -2.30. The zero-order valence-corrected chi connectivity index (χ0v) is 11.7. The number of benzene rings is 1. The van der Waals surface area contributed by atoms with Crippen molar-refractivity contribution >= 4 is 11.6 Å². The molecule has 1 rings (SSSR count). The summed E-state index contributed by atoms with van der Waals surface area (Å²) in [4.78, 5) is 0. The quantitative estimate of drug-likeness (QED) is 0.595. The summed E-state index contributed by atoms with van der Waals surface area (Å²) >= 11 is 6.34. The van der Waals surface area contributed by atoms with Crippen LogP contribution in [0.2, 0.25) is 5.02 Å². The van der Waals surface area contributed by atoms with Crippen molar-refractivity contribution in [3.8, 4) is 0 Å². The Morgan fingerprint density at radius 1 is 1.29 bits per heavy atom. The van der Waals surface area contributed by atoms with Gasteiger partial charge in [0.15, 0.2) is 0 Å². The van der Waals surface area contributed by atoms with Crippen LogP contribution in [0.25, 0.3) is 0 Å². The van der Waals surface area contributed by atoms with E-state index in [9.17, 15) is 0 Å². The number of hydrogen-bond donors (Lipinski definition) is 2. The van der Waals surface area contributed by atoms with Crippen molar-refractivity contribution in [1.29, 1.82) is 0 Å². The molecule has 0 fully saturated rings. The first-order chi connectivity index (χ1) is 8.13. The number of nitrogens with one attached hydrogen (secondary N) is 1. The van der Waals surface area contributed by atoms with Gasteiger partial charge in [0, 0.05) is 11.1 Å². The summed E-state index contributed by atoms with van der Waals surface area (Å²) in [5, 5.41) is 0.835. The van der Waals surface area contributed by atoms with E-state index in [1.54, 1.807) is 0 Å². The molecule has 0 bridgehead atoms. The smallest absolute Gasteiger partial charge is 0.0483 e. The van der Waals surface area contributed by atoms with Gasteiger partial charge in [-0.1, -0.05) is 56.5 Å². The Kier molecular flexibility index (Phi) is 5.96. The molecule has 0 radical (unpaired) electrons. The summed E-state index contributed by atoms with van der Waals surface area (Å²) in [7, 11) is 0. The molecule has 0 aliphatic carbocycles. The van der Waals surface area contributed by atoms with Crippen LogP contribution in [0.5, 0.6) is 0 Å². The van der Waals surface area contributed by atoms with Crippen molar-refractivity contribution in [2.75, 3.05) is 0 Å². The lowest BCUT2D eigenvalue weighted by Gasteiger charge is -2.23. The zero-order chi connectivity index (χ0) is 12.8. The molecule has 1 aromatic rings. The topological polar surface area (TPSA) is 38.0 Å². The van der Waals surface area contributed by atoms with Gasteiger partial charge in [-0.3, -0.25) is 11.3 Å². The second kappa shape index (κ2) is 7.00. The molecular weight excluding hydrogens is 232 g/mol. The van der Waals surface area contributed by atoms with E-state index >= 15 is 0 Å². The molecule has 1 unspecified atom stereocenters. The van der Waals surface area contributed by atoms with Gasteiger partial charge in [0.05, 0.1) is 0 Å². The van der Waals surface area contributed by atoms with Gasteiger partial charge in [0.2, 0.25) is 0 Å². The summed E-state index contributed by atoms with van der Waals surface area (Å²) < 4.78 is 0. The van der Waals surface area contributed by atoms with E-state index in [0.29, 0.717) is 5.92 Å². The maximum absolute atomic E-state index is 6.34. The first kappa shape index (κ1) is 14.5.